The largest absolute Gasteiger partial charge is 0.340 e. The molecule has 1 saturated carbocycles. The molecule has 1 N–H and O–H groups in total. The number of nitrogens with one attached hydrogen (secondary N) is 1. The van der Waals surface area contributed by atoms with Crippen molar-refractivity contribution in [2.24, 2.45) is 0 Å². The van der Waals surface area contributed by atoms with Gasteiger partial charge < -0.3 is 4.52 Å². The lowest BCUT2D eigenvalue weighted by Crippen LogP contribution is -2.21. The summed E-state index contributed by atoms with van der Waals surface area (Å²) in [5.41, 5.74) is 2.87. The van der Waals surface area contributed by atoms with E-state index in [2.05, 4.69) is 15.6 Å². The summed E-state index contributed by atoms with van der Waals surface area (Å²) in [6.45, 7) is 2.28. The number of hydrogen-bond acceptors (Lipinski definition) is 5. The first-order chi connectivity index (χ1) is 6.84. The predicted octanol–water partition coefficient (Wildman–Crippen LogP) is 1.34. The molecule has 1 aromatic heterocycles. The van der Waals surface area contributed by atoms with Gasteiger partial charge in [-0.3, -0.25) is 4.84 Å². The lowest BCUT2D eigenvalue weighted by atomic mass is 10.3. The molecular formula is C9H15N3O2. The van der Waals surface area contributed by atoms with Crippen molar-refractivity contribution in [3.8, 4) is 0 Å². The van der Waals surface area contributed by atoms with Gasteiger partial charge >= 0.3 is 0 Å². The first-order valence-electron chi connectivity index (χ1n) is 5.02. The lowest BCUT2D eigenvalue weighted by Gasteiger charge is -2.09. The van der Waals surface area contributed by atoms with E-state index in [1.165, 1.54) is 12.8 Å². The normalized spacial score (nSPS) is 17.8. The monoisotopic (exact) mass is 197 g/mol. The van der Waals surface area contributed by atoms with Crippen LogP contribution in [0.5, 0.6) is 0 Å². The fraction of sp³-hybridized carbons (Fsp3) is 0.778. The highest BCUT2D eigenvalue weighted by Gasteiger charge is 2.15. The summed E-state index contributed by atoms with van der Waals surface area (Å²) >= 11 is 0. The summed E-state index contributed by atoms with van der Waals surface area (Å²) < 4.78 is 4.83. The van der Waals surface area contributed by atoms with Crippen LogP contribution in [0, 0.1) is 6.92 Å². The summed E-state index contributed by atoms with van der Waals surface area (Å²) in [7, 11) is 0. The summed E-state index contributed by atoms with van der Waals surface area (Å²) in [6, 6.07) is 0. The van der Waals surface area contributed by atoms with E-state index >= 15 is 0 Å². The van der Waals surface area contributed by atoms with E-state index in [-0.39, 0.29) is 0 Å². The van der Waals surface area contributed by atoms with Crippen molar-refractivity contribution in [2.45, 2.75) is 45.3 Å². The minimum Gasteiger partial charge on any atom is -0.340 e. The van der Waals surface area contributed by atoms with Crippen LogP contribution in [0.25, 0.3) is 0 Å². The van der Waals surface area contributed by atoms with Crippen LogP contribution >= 0.6 is 0 Å². The summed E-state index contributed by atoms with van der Waals surface area (Å²) in [4.78, 5) is 9.50. The third kappa shape index (κ3) is 2.52. The molecule has 5 nitrogen and oxygen atoms in total. The second-order valence-electron chi connectivity index (χ2n) is 3.58. The molecule has 0 bridgehead atoms. The zero-order chi connectivity index (χ0) is 9.80. The number of hydroxylamine groups is 1. The molecule has 5 heteroatoms. The first-order valence-corrected chi connectivity index (χ1v) is 5.02. The Hall–Kier alpha value is -0.940. The third-order valence-corrected chi connectivity index (χ3v) is 2.35. The maximum Gasteiger partial charge on any atom is 0.223 e. The van der Waals surface area contributed by atoms with E-state index in [9.17, 15) is 0 Å². The van der Waals surface area contributed by atoms with Gasteiger partial charge in [0.2, 0.25) is 5.89 Å². The fourth-order valence-corrected chi connectivity index (χ4v) is 1.64. The van der Waals surface area contributed by atoms with Gasteiger partial charge in [-0.15, -0.1) is 0 Å². The van der Waals surface area contributed by atoms with Gasteiger partial charge in [0, 0.05) is 6.92 Å². The van der Waals surface area contributed by atoms with E-state index in [4.69, 9.17) is 9.36 Å². The van der Waals surface area contributed by atoms with Crippen LogP contribution in [0.2, 0.25) is 0 Å². The minimum atomic E-state index is 0.364. The van der Waals surface area contributed by atoms with Gasteiger partial charge in [0.05, 0.1) is 12.6 Å². The molecule has 0 radical (unpaired) electrons. The van der Waals surface area contributed by atoms with Gasteiger partial charge in [-0.1, -0.05) is 18.0 Å². The van der Waals surface area contributed by atoms with Crippen LogP contribution in [-0.2, 0) is 11.4 Å². The van der Waals surface area contributed by atoms with Crippen LogP contribution in [0.4, 0.5) is 0 Å². The quantitative estimate of drug-likeness (QED) is 0.738. The molecule has 0 atom stereocenters. The van der Waals surface area contributed by atoms with Crippen LogP contribution in [0.1, 0.15) is 37.4 Å². The third-order valence-electron chi connectivity index (χ3n) is 2.35. The molecule has 2 rings (SSSR count). The van der Waals surface area contributed by atoms with Crippen LogP contribution in [0.15, 0.2) is 4.52 Å². The molecule has 0 aliphatic heterocycles. The number of aryl methyl sites for hydroxylation is 1. The van der Waals surface area contributed by atoms with Gasteiger partial charge in [0.15, 0.2) is 5.82 Å². The van der Waals surface area contributed by atoms with Gasteiger partial charge in [-0.25, -0.2) is 0 Å². The average molecular weight is 197 g/mol. The van der Waals surface area contributed by atoms with E-state index in [0.29, 0.717) is 24.4 Å². The zero-order valence-electron chi connectivity index (χ0n) is 8.32. The van der Waals surface area contributed by atoms with E-state index in [1.54, 1.807) is 6.92 Å². The molecule has 0 unspecified atom stereocenters. The molecule has 78 valence electrons. The van der Waals surface area contributed by atoms with Crippen molar-refractivity contribution >= 4 is 0 Å². The molecule has 1 fully saturated rings. The smallest absolute Gasteiger partial charge is 0.223 e. The Balaban J connectivity index is 1.67. The summed E-state index contributed by atoms with van der Waals surface area (Å²) in [5.74, 6) is 1.23. The predicted molar refractivity (Wildman–Crippen MR) is 49.2 cm³/mol. The topological polar surface area (TPSA) is 60.2 Å². The fourth-order valence-electron chi connectivity index (χ4n) is 1.64. The number of hydrogen-bond donors (Lipinski definition) is 1. The summed E-state index contributed by atoms with van der Waals surface area (Å²) in [5, 5.41) is 3.75. The maximum atomic E-state index is 5.44. The maximum absolute atomic E-state index is 5.44. The Bertz CT molecular complexity index is 281. The van der Waals surface area contributed by atoms with E-state index in [1.807, 2.05) is 0 Å². The van der Waals surface area contributed by atoms with Crippen LogP contribution in [0.3, 0.4) is 0 Å². The van der Waals surface area contributed by atoms with Crippen molar-refractivity contribution in [1.82, 2.24) is 15.6 Å². The van der Waals surface area contributed by atoms with Crippen LogP contribution < -0.4 is 5.48 Å². The van der Waals surface area contributed by atoms with Gasteiger partial charge in [0.1, 0.15) is 0 Å². The Morgan fingerprint density at radius 1 is 1.50 bits per heavy atom. The highest BCUT2D eigenvalue weighted by molar-refractivity contribution is 4.81. The molecule has 0 aromatic carbocycles. The Labute approximate surface area is 82.8 Å². The number of rotatable bonds is 4. The SMILES string of the molecule is Cc1nc(CNOC2CCCC2)no1. The molecular weight excluding hydrogens is 182 g/mol. The van der Waals surface area contributed by atoms with E-state index < -0.39 is 0 Å². The van der Waals surface area contributed by atoms with Gasteiger partial charge in [-0.2, -0.15) is 10.5 Å². The molecule has 1 heterocycles. The average Bonchev–Trinajstić information content (AvgIpc) is 2.77. The standard InChI is InChI=1S/C9H15N3O2/c1-7-11-9(12-13-7)6-10-14-8-4-2-3-5-8/h8,10H,2-6H2,1H3. The highest BCUT2D eigenvalue weighted by atomic mass is 16.7. The van der Waals surface area contributed by atoms with Crippen molar-refractivity contribution in [2.75, 3.05) is 0 Å². The number of aromatic nitrogens is 2. The molecule has 0 amide bonds. The second kappa shape index (κ2) is 4.52. The minimum absolute atomic E-state index is 0.364. The van der Waals surface area contributed by atoms with Crippen molar-refractivity contribution in [3.63, 3.8) is 0 Å². The molecule has 1 aliphatic carbocycles. The van der Waals surface area contributed by atoms with Gasteiger partial charge in [-0.05, 0) is 12.8 Å². The van der Waals surface area contributed by atoms with Crippen LogP contribution in [-0.4, -0.2) is 16.2 Å². The second-order valence-corrected chi connectivity index (χ2v) is 3.58. The highest BCUT2D eigenvalue weighted by Crippen LogP contribution is 2.19. The number of nitrogens with zero attached hydrogens (tertiary/aromatic N) is 2. The molecule has 14 heavy (non-hydrogen) atoms. The molecule has 0 spiro atoms. The first kappa shape index (κ1) is 9.61. The Morgan fingerprint density at radius 3 is 2.93 bits per heavy atom. The van der Waals surface area contributed by atoms with Gasteiger partial charge in [0.25, 0.3) is 0 Å². The van der Waals surface area contributed by atoms with Crippen molar-refractivity contribution < 1.29 is 9.36 Å². The molecule has 1 aromatic rings. The molecule has 1 aliphatic rings. The Morgan fingerprint density at radius 2 is 2.29 bits per heavy atom. The Kier molecular flexibility index (Phi) is 3.10. The molecule has 0 saturated heterocycles. The lowest BCUT2D eigenvalue weighted by molar-refractivity contribution is -0.0256. The zero-order valence-corrected chi connectivity index (χ0v) is 8.32. The van der Waals surface area contributed by atoms with Crippen molar-refractivity contribution in [3.05, 3.63) is 11.7 Å². The van der Waals surface area contributed by atoms with Crippen molar-refractivity contribution in [1.29, 1.82) is 0 Å². The summed E-state index contributed by atoms with van der Waals surface area (Å²) in [6.07, 6.45) is 5.21. The van der Waals surface area contributed by atoms with E-state index in [0.717, 1.165) is 12.8 Å².